The highest BCUT2D eigenvalue weighted by molar-refractivity contribution is 9.10. The van der Waals surface area contributed by atoms with Gasteiger partial charge in [-0.3, -0.25) is 4.79 Å². The fourth-order valence-electron chi connectivity index (χ4n) is 1.77. The molecule has 108 valence electrons. The number of anilines is 1. The summed E-state index contributed by atoms with van der Waals surface area (Å²) < 4.78 is 13.3. The molecule has 0 aliphatic heterocycles. The largest absolute Gasteiger partial charge is 0.480 e. The molecule has 1 aliphatic rings. The van der Waals surface area contributed by atoms with Gasteiger partial charge in [-0.05, 0) is 52.9 Å². The Morgan fingerprint density at radius 3 is 2.70 bits per heavy atom. The Labute approximate surface area is 123 Å². The molecule has 1 aromatic rings. The number of urea groups is 1. The lowest BCUT2D eigenvalue weighted by atomic mass is 10.3. The summed E-state index contributed by atoms with van der Waals surface area (Å²) in [5, 5.41) is 11.4. The number of hydrogen-bond donors (Lipinski definition) is 2. The first kappa shape index (κ1) is 14.8. The molecule has 1 aromatic carbocycles. The van der Waals surface area contributed by atoms with E-state index in [2.05, 4.69) is 21.2 Å². The van der Waals surface area contributed by atoms with E-state index in [9.17, 15) is 14.0 Å². The molecule has 0 spiro atoms. The molecule has 0 aromatic heterocycles. The van der Waals surface area contributed by atoms with Crippen molar-refractivity contribution in [1.29, 1.82) is 0 Å². The first-order valence-corrected chi connectivity index (χ1v) is 6.98. The topological polar surface area (TPSA) is 69.6 Å². The maximum atomic E-state index is 13.1. The van der Waals surface area contributed by atoms with Gasteiger partial charge in [0.25, 0.3) is 0 Å². The van der Waals surface area contributed by atoms with Crippen LogP contribution in [0.1, 0.15) is 12.8 Å². The number of benzene rings is 1. The summed E-state index contributed by atoms with van der Waals surface area (Å²) >= 11 is 3.03. The summed E-state index contributed by atoms with van der Waals surface area (Å²) in [6.45, 7) is 0.0885. The molecule has 7 heteroatoms. The second-order valence-electron chi connectivity index (χ2n) is 4.78. The highest BCUT2D eigenvalue weighted by Gasteiger charge is 2.28. The molecule has 2 N–H and O–H groups in total. The third-order valence-corrected chi connectivity index (χ3v) is 3.57. The van der Waals surface area contributed by atoms with E-state index < -0.39 is 17.8 Å². The van der Waals surface area contributed by atoms with Gasteiger partial charge in [-0.2, -0.15) is 0 Å². The van der Waals surface area contributed by atoms with E-state index in [1.807, 2.05) is 0 Å². The number of nitrogens with zero attached hydrogens (tertiary/aromatic N) is 1. The van der Waals surface area contributed by atoms with E-state index >= 15 is 0 Å². The summed E-state index contributed by atoms with van der Waals surface area (Å²) in [5.41, 5.74) is 0.412. The van der Waals surface area contributed by atoms with Crippen LogP contribution in [0.25, 0.3) is 0 Å². The van der Waals surface area contributed by atoms with Crippen LogP contribution in [0.15, 0.2) is 22.7 Å². The van der Waals surface area contributed by atoms with Gasteiger partial charge in [0, 0.05) is 12.2 Å². The lowest BCUT2D eigenvalue weighted by molar-refractivity contribution is -0.137. The Hall–Kier alpha value is -1.63. The van der Waals surface area contributed by atoms with Crippen molar-refractivity contribution in [3.63, 3.8) is 0 Å². The average Bonchev–Trinajstić information content (AvgIpc) is 3.16. The van der Waals surface area contributed by atoms with Gasteiger partial charge >= 0.3 is 12.0 Å². The van der Waals surface area contributed by atoms with Crippen LogP contribution >= 0.6 is 15.9 Å². The van der Waals surface area contributed by atoms with Gasteiger partial charge in [-0.15, -0.1) is 0 Å². The maximum absolute atomic E-state index is 13.1. The van der Waals surface area contributed by atoms with E-state index in [0.717, 1.165) is 12.8 Å². The monoisotopic (exact) mass is 344 g/mol. The molecule has 1 aliphatic carbocycles. The van der Waals surface area contributed by atoms with E-state index in [1.54, 1.807) is 0 Å². The third-order valence-electron chi connectivity index (χ3n) is 2.96. The minimum atomic E-state index is -1.05. The van der Waals surface area contributed by atoms with Gasteiger partial charge in [0.15, 0.2) is 0 Å². The Kier molecular flexibility index (Phi) is 4.59. The zero-order valence-corrected chi connectivity index (χ0v) is 12.2. The van der Waals surface area contributed by atoms with Crippen molar-refractivity contribution in [1.82, 2.24) is 4.90 Å². The van der Waals surface area contributed by atoms with E-state index in [0.29, 0.717) is 18.2 Å². The van der Waals surface area contributed by atoms with Crippen molar-refractivity contribution >= 4 is 33.6 Å². The normalized spacial score (nSPS) is 13.9. The standard InChI is InChI=1S/C13H14BrFN2O3/c14-10-5-9(3-4-11(10)15)16-13(20)17(7-12(18)19)6-8-1-2-8/h3-5,8H,1-2,6-7H2,(H,16,20)(H,18,19). The first-order valence-electron chi connectivity index (χ1n) is 6.18. The maximum Gasteiger partial charge on any atom is 0.323 e. The number of halogens is 2. The molecule has 0 saturated heterocycles. The highest BCUT2D eigenvalue weighted by atomic mass is 79.9. The number of carbonyl (C=O) groups excluding carboxylic acids is 1. The third kappa shape index (κ3) is 4.19. The van der Waals surface area contributed by atoms with Crippen LogP contribution in [0.2, 0.25) is 0 Å². The van der Waals surface area contributed by atoms with Gasteiger partial charge in [-0.1, -0.05) is 0 Å². The molecular weight excluding hydrogens is 331 g/mol. The lowest BCUT2D eigenvalue weighted by Crippen LogP contribution is -2.40. The van der Waals surface area contributed by atoms with Crippen molar-refractivity contribution < 1.29 is 19.1 Å². The molecule has 1 saturated carbocycles. The second-order valence-corrected chi connectivity index (χ2v) is 5.63. The zero-order valence-electron chi connectivity index (χ0n) is 10.6. The molecule has 20 heavy (non-hydrogen) atoms. The molecule has 0 atom stereocenters. The van der Waals surface area contributed by atoms with Crippen molar-refractivity contribution in [3.8, 4) is 0 Å². The summed E-state index contributed by atoms with van der Waals surface area (Å²) in [7, 11) is 0. The Balaban J connectivity index is 2.02. The second kappa shape index (κ2) is 6.21. The van der Waals surface area contributed by atoms with Crippen LogP contribution in [0, 0.1) is 11.7 Å². The molecule has 0 unspecified atom stereocenters. The number of carboxylic acids is 1. The molecule has 0 radical (unpaired) electrons. The van der Waals surface area contributed by atoms with E-state index in [1.165, 1.54) is 23.1 Å². The fourth-order valence-corrected chi connectivity index (χ4v) is 2.15. The quantitative estimate of drug-likeness (QED) is 0.862. The molecule has 2 rings (SSSR count). The zero-order chi connectivity index (χ0) is 14.7. The summed E-state index contributed by atoms with van der Waals surface area (Å²) in [6, 6.07) is 3.59. The van der Waals surface area contributed by atoms with Crippen LogP contribution < -0.4 is 5.32 Å². The van der Waals surface area contributed by atoms with Crippen LogP contribution in [0.4, 0.5) is 14.9 Å². The van der Waals surface area contributed by atoms with Crippen molar-refractivity contribution in [2.45, 2.75) is 12.8 Å². The first-order chi connectivity index (χ1) is 9.45. The average molecular weight is 345 g/mol. The predicted molar refractivity (Wildman–Crippen MR) is 75.1 cm³/mol. The summed E-state index contributed by atoms with van der Waals surface area (Å²) in [6.07, 6.45) is 2.04. The number of nitrogens with one attached hydrogen (secondary N) is 1. The van der Waals surface area contributed by atoms with Crippen LogP contribution in [0.3, 0.4) is 0 Å². The summed E-state index contributed by atoms with van der Waals surface area (Å²) in [5.74, 6) is -1.09. The molecule has 0 heterocycles. The van der Waals surface area contributed by atoms with E-state index in [-0.39, 0.29) is 11.0 Å². The lowest BCUT2D eigenvalue weighted by Gasteiger charge is -2.21. The number of rotatable bonds is 5. The van der Waals surface area contributed by atoms with Gasteiger partial charge < -0.3 is 15.3 Å². The minimum Gasteiger partial charge on any atom is -0.480 e. The number of hydrogen-bond acceptors (Lipinski definition) is 2. The van der Waals surface area contributed by atoms with Gasteiger partial charge in [0.2, 0.25) is 0 Å². The van der Waals surface area contributed by atoms with Gasteiger partial charge in [0.1, 0.15) is 12.4 Å². The number of carbonyl (C=O) groups is 2. The molecule has 1 fully saturated rings. The molecule has 2 amide bonds. The van der Waals surface area contributed by atoms with Crippen LogP contribution in [-0.4, -0.2) is 35.1 Å². The number of carboxylic acid groups (broad SMARTS) is 1. The van der Waals surface area contributed by atoms with E-state index in [4.69, 9.17) is 5.11 Å². The Morgan fingerprint density at radius 1 is 1.45 bits per heavy atom. The smallest absolute Gasteiger partial charge is 0.323 e. The van der Waals surface area contributed by atoms with Crippen molar-refractivity contribution in [3.05, 3.63) is 28.5 Å². The Morgan fingerprint density at radius 2 is 2.15 bits per heavy atom. The highest BCUT2D eigenvalue weighted by Crippen LogP contribution is 2.30. The molecule has 0 bridgehead atoms. The predicted octanol–water partition coefficient (Wildman–Crippen LogP) is 2.92. The van der Waals surface area contributed by atoms with Crippen LogP contribution in [0.5, 0.6) is 0 Å². The fraction of sp³-hybridized carbons (Fsp3) is 0.385. The van der Waals surface area contributed by atoms with Gasteiger partial charge in [-0.25, -0.2) is 9.18 Å². The van der Waals surface area contributed by atoms with Crippen LogP contribution in [-0.2, 0) is 4.79 Å². The SMILES string of the molecule is O=C(O)CN(CC1CC1)C(=O)Nc1ccc(F)c(Br)c1. The molecule has 5 nitrogen and oxygen atoms in total. The minimum absolute atomic E-state index is 0.238. The van der Waals surface area contributed by atoms with Gasteiger partial charge in [0.05, 0.1) is 4.47 Å². The van der Waals surface area contributed by atoms with Crippen molar-refractivity contribution in [2.24, 2.45) is 5.92 Å². The number of aliphatic carboxylic acids is 1. The number of amides is 2. The van der Waals surface area contributed by atoms with Crippen molar-refractivity contribution in [2.75, 3.05) is 18.4 Å². The Bertz CT molecular complexity index is 534. The molecular formula is C13H14BrFN2O3. The summed E-state index contributed by atoms with van der Waals surface area (Å²) in [4.78, 5) is 24.1.